The van der Waals surface area contributed by atoms with E-state index in [1.807, 2.05) is 6.07 Å². The van der Waals surface area contributed by atoms with Crippen molar-refractivity contribution in [1.29, 1.82) is 0 Å². The Morgan fingerprint density at radius 1 is 1.04 bits per heavy atom. The van der Waals surface area contributed by atoms with Gasteiger partial charge in [-0.3, -0.25) is 0 Å². The number of rotatable bonds is 11. The quantitative estimate of drug-likeness (QED) is 0.195. The maximum atomic E-state index is 11.0. The summed E-state index contributed by atoms with van der Waals surface area (Å²) < 4.78 is 43.1. The van der Waals surface area contributed by atoms with E-state index >= 15 is 0 Å². The predicted molar refractivity (Wildman–Crippen MR) is 84.3 cm³/mol. The first-order valence-electron chi connectivity index (χ1n) is 7.75. The SMILES string of the molecule is CCCCCCCCC(C)(Oc1ccccc1)OS(=O)(=O)[O-].[Na+]. The standard InChI is InChI=1S/C16H26O5S.Na/c1-3-4-5-6-7-11-14-16(2,21-22(17,18)19)20-15-12-9-8-10-13-15;/h8-10,12-13H,3-7,11,14H2,1-2H3,(H,17,18,19);/q;+1/p-1. The van der Waals surface area contributed by atoms with Crippen molar-refractivity contribution in [2.75, 3.05) is 0 Å². The van der Waals surface area contributed by atoms with Gasteiger partial charge in [-0.05, 0) is 18.6 Å². The Labute approximate surface area is 162 Å². The molecule has 0 aromatic heterocycles. The van der Waals surface area contributed by atoms with Crippen LogP contribution in [0.25, 0.3) is 0 Å². The topological polar surface area (TPSA) is 75.7 Å². The van der Waals surface area contributed by atoms with Gasteiger partial charge in [0.15, 0.2) is 0 Å². The van der Waals surface area contributed by atoms with Gasteiger partial charge in [0, 0.05) is 13.3 Å². The Bertz CT molecular complexity index is 521. The second-order valence-corrected chi connectivity index (χ2v) is 6.54. The molecule has 1 rings (SSSR count). The summed E-state index contributed by atoms with van der Waals surface area (Å²) >= 11 is 0. The normalized spacial score (nSPS) is 13.9. The minimum atomic E-state index is -4.83. The van der Waals surface area contributed by atoms with Crippen molar-refractivity contribution in [2.24, 2.45) is 0 Å². The third kappa shape index (κ3) is 11.1. The van der Waals surface area contributed by atoms with Gasteiger partial charge in [0.05, 0.1) is 0 Å². The van der Waals surface area contributed by atoms with Gasteiger partial charge in [-0.25, -0.2) is 12.6 Å². The molecule has 0 saturated heterocycles. The number of hydrogen-bond donors (Lipinski definition) is 0. The van der Waals surface area contributed by atoms with E-state index in [0.717, 1.165) is 25.7 Å². The zero-order valence-corrected chi connectivity index (χ0v) is 17.1. The predicted octanol–water partition coefficient (Wildman–Crippen LogP) is 1.01. The van der Waals surface area contributed by atoms with Crippen LogP contribution in [0.4, 0.5) is 0 Å². The number of ether oxygens (including phenoxy) is 1. The van der Waals surface area contributed by atoms with Crippen LogP contribution < -0.4 is 34.3 Å². The van der Waals surface area contributed by atoms with Crippen LogP contribution in [-0.4, -0.2) is 18.8 Å². The first-order valence-corrected chi connectivity index (χ1v) is 9.08. The molecule has 0 aliphatic carbocycles. The van der Waals surface area contributed by atoms with Crippen molar-refractivity contribution in [2.45, 2.75) is 64.6 Å². The maximum absolute atomic E-state index is 11.0. The fraction of sp³-hybridized carbons (Fsp3) is 0.625. The molecule has 1 unspecified atom stereocenters. The summed E-state index contributed by atoms with van der Waals surface area (Å²) in [5.74, 6) is -0.994. The van der Waals surface area contributed by atoms with E-state index in [9.17, 15) is 13.0 Å². The van der Waals surface area contributed by atoms with E-state index in [1.165, 1.54) is 19.8 Å². The molecule has 0 N–H and O–H groups in total. The molecule has 126 valence electrons. The summed E-state index contributed by atoms with van der Waals surface area (Å²) in [6, 6.07) is 8.75. The third-order valence-corrected chi connectivity index (χ3v) is 3.90. The van der Waals surface area contributed by atoms with Crippen LogP contribution in [0.1, 0.15) is 58.8 Å². The largest absolute Gasteiger partial charge is 1.00 e. The molecule has 1 aromatic carbocycles. The second kappa shape index (κ2) is 11.4. The maximum Gasteiger partial charge on any atom is 1.00 e. The van der Waals surface area contributed by atoms with Crippen LogP contribution >= 0.6 is 0 Å². The Morgan fingerprint density at radius 2 is 1.61 bits per heavy atom. The van der Waals surface area contributed by atoms with Crippen LogP contribution in [-0.2, 0) is 14.6 Å². The molecule has 0 spiro atoms. The fourth-order valence-corrected chi connectivity index (χ4v) is 2.84. The zero-order chi connectivity index (χ0) is 16.5. The minimum Gasteiger partial charge on any atom is -0.725 e. The van der Waals surface area contributed by atoms with Crippen LogP contribution in [0, 0.1) is 0 Å². The number of unbranched alkanes of at least 4 members (excludes halogenated alkanes) is 5. The Kier molecular flexibility index (Phi) is 11.4. The van der Waals surface area contributed by atoms with Gasteiger partial charge in [0.1, 0.15) is 5.75 Å². The van der Waals surface area contributed by atoms with Gasteiger partial charge in [-0.1, -0.05) is 57.2 Å². The van der Waals surface area contributed by atoms with E-state index in [2.05, 4.69) is 11.1 Å². The molecule has 0 aliphatic heterocycles. The summed E-state index contributed by atoms with van der Waals surface area (Å²) in [6.45, 7) is 3.64. The molecule has 23 heavy (non-hydrogen) atoms. The molecule has 0 saturated carbocycles. The zero-order valence-electron chi connectivity index (χ0n) is 14.3. The van der Waals surface area contributed by atoms with E-state index in [-0.39, 0.29) is 29.6 Å². The second-order valence-electron chi connectivity index (χ2n) is 5.56. The van der Waals surface area contributed by atoms with Crippen molar-refractivity contribution in [3.63, 3.8) is 0 Å². The smallest absolute Gasteiger partial charge is 0.725 e. The first kappa shape index (κ1) is 22.9. The summed E-state index contributed by atoms with van der Waals surface area (Å²) in [6.07, 6.45) is 6.65. The molecule has 1 atom stereocenters. The van der Waals surface area contributed by atoms with Crippen molar-refractivity contribution in [1.82, 2.24) is 0 Å². The average Bonchev–Trinajstić information content (AvgIpc) is 2.41. The van der Waals surface area contributed by atoms with Gasteiger partial charge in [0.2, 0.25) is 16.2 Å². The van der Waals surface area contributed by atoms with Gasteiger partial charge in [-0.15, -0.1) is 0 Å². The first-order chi connectivity index (χ1) is 10.3. The Morgan fingerprint density at radius 3 is 2.17 bits per heavy atom. The average molecular weight is 352 g/mol. The van der Waals surface area contributed by atoms with E-state index in [0.29, 0.717) is 12.2 Å². The van der Waals surface area contributed by atoms with E-state index < -0.39 is 16.2 Å². The monoisotopic (exact) mass is 352 g/mol. The molecule has 0 bridgehead atoms. The summed E-state index contributed by atoms with van der Waals surface area (Å²) in [5.41, 5.74) is 0. The molecule has 5 nitrogen and oxygen atoms in total. The molecular formula is C16H25NaO5S. The molecule has 0 radical (unpaired) electrons. The molecule has 0 aliphatic rings. The van der Waals surface area contributed by atoms with Crippen LogP contribution in [0.2, 0.25) is 0 Å². The van der Waals surface area contributed by atoms with Gasteiger partial charge in [0.25, 0.3) is 0 Å². The van der Waals surface area contributed by atoms with Crippen molar-refractivity contribution in [3.8, 4) is 5.75 Å². The Balaban J connectivity index is 0.00000484. The number of hydrogen-bond acceptors (Lipinski definition) is 5. The fourth-order valence-electron chi connectivity index (χ4n) is 2.29. The molecule has 7 heteroatoms. The van der Waals surface area contributed by atoms with Crippen molar-refractivity contribution in [3.05, 3.63) is 30.3 Å². The summed E-state index contributed by atoms with van der Waals surface area (Å²) in [5, 5.41) is 0. The van der Waals surface area contributed by atoms with Gasteiger partial charge >= 0.3 is 29.6 Å². The van der Waals surface area contributed by atoms with Gasteiger partial charge in [-0.2, -0.15) is 0 Å². The minimum absolute atomic E-state index is 0. The van der Waals surface area contributed by atoms with E-state index in [4.69, 9.17) is 4.74 Å². The molecule has 0 heterocycles. The van der Waals surface area contributed by atoms with Crippen LogP contribution in [0.3, 0.4) is 0 Å². The van der Waals surface area contributed by atoms with Gasteiger partial charge < -0.3 is 9.29 Å². The van der Waals surface area contributed by atoms with Crippen LogP contribution in [0.15, 0.2) is 30.3 Å². The Hall–Kier alpha value is -0.110. The summed E-state index contributed by atoms with van der Waals surface area (Å²) in [7, 11) is -4.83. The molecule has 0 fully saturated rings. The number of para-hydroxylation sites is 1. The van der Waals surface area contributed by atoms with Crippen molar-refractivity contribution < 1.29 is 51.4 Å². The van der Waals surface area contributed by atoms with Crippen LogP contribution in [0.5, 0.6) is 5.75 Å². The van der Waals surface area contributed by atoms with E-state index in [1.54, 1.807) is 24.3 Å². The van der Waals surface area contributed by atoms with Crippen molar-refractivity contribution >= 4 is 10.4 Å². The summed E-state index contributed by atoms with van der Waals surface area (Å²) in [4.78, 5) is 0. The molecule has 0 amide bonds. The number of benzene rings is 1. The third-order valence-electron chi connectivity index (χ3n) is 3.34. The molecule has 1 aromatic rings. The molecular weight excluding hydrogens is 327 g/mol.